The van der Waals surface area contributed by atoms with Gasteiger partial charge in [-0.25, -0.2) is 8.78 Å². The van der Waals surface area contributed by atoms with Gasteiger partial charge in [0.05, 0.1) is 0 Å². The Balaban J connectivity index is 2.08. The maximum absolute atomic E-state index is 13.0. The van der Waals surface area contributed by atoms with E-state index in [2.05, 4.69) is 12.2 Å². The zero-order valence-corrected chi connectivity index (χ0v) is 8.48. The molecule has 0 spiro atoms. The van der Waals surface area contributed by atoms with E-state index in [0.717, 1.165) is 25.0 Å². The topological polar surface area (TPSA) is 32.3 Å². The summed E-state index contributed by atoms with van der Waals surface area (Å²) < 4.78 is 25.9. The lowest BCUT2D eigenvalue weighted by Gasteiger charge is -2.11. The van der Waals surface area contributed by atoms with Gasteiger partial charge in [0, 0.05) is 12.1 Å². The molecule has 1 aliphatic carbocycles. The number of hydrogen-bond donors (Lipinski definition) is 2. The molecule has 2 nitrogen and oxygen atoms in total. The molecule has 1 aromatic rings. The molecule has 0 amide bonds. The summed E-state index contributed by atoms with van der Waals surface area (Å²) in [6.45, 7) is 2.49. The molecular formula is C11H13F2NO. The largest absolute Gasteiger partial charge is 0.503 e. The van der Waals surface area contributed by atoms with Crippen molar-refractivity contribution in [1.29, 1.82) is 0 Å². The minimum Gasteiger partial charge on any atom is -0.503 e. The smallest absolute Gasteiger partial charge is 0.187 e. The molecule has 15 heavy (non-hydrogen) atoms. The van der Waals surface area contributed by atoms with E-state index in [9.17, 15) is 8.78 Å². The molecule has 2 N–H and O–H groups in total. The van der Waals surface area contributed by atoms with E-state index >= 15 is 0 Å². The van der Waals surface area contributed by atoms with Gasteiger partial charge in [-0.2, -0.15) is 0 Å². The van der Waals surface area contributed by atoms with E-state index < -0.39 is 17.4 Å². The standard InChI is InChI=1S/C11H13F2NO/c1-11(2-3-11)14-6-7-4-8(12)10(15)9(13)5-7/h4-5,14-15H,2-3,6H2,1H3. The van der Waals surface area contributed by atoms with Crippen LogP contribution in [0.15, 0.2) is 12.1 Å². The second-order valence-corrected chi connectivity index (χ2v) is 4.32. The van der Waals surface area contributed by atoms with Crippen LogP contribution in [0.1, 0.15) is 25.3 Å². The van der Waals surface area contributed by atoms with Crippen molar-refractivity contribution in [2.45, 2.75) is 31.8 Å². The van der Waals surface area contributed by atoms with Gasteiger partial charge in [0.15, 0.2) is 17.4 Å². The Hall–Kier alpha value is -1.16. The molecule has 2 rings (SSSR count). The molecule has 4 heteroatoms. The number of rotatable bonds is 3. The van der Waals surface area contributed by atoms with Crippen molar-refractivity contribution < 1.29 is 13.9 Å². The molecular weight excluding hydrogens is 200 g/mol. The molecule has 0 radical (unpaired) electrons. The SMILES string of the molecule is CC1(NCc2cc(F)c(O)c(F)c2)CC1. The minimum absolute atomic E-state index is 0.130. The van der Waals surface area contributed by atoms with E-state index in [1.165, 1.54) is 0 Å². The third kappa shape index (κ3) is 2.26. The van der Waals surface area contributed by atoms with Gasteiger partial charge in [0.25, 0.3) is 0 Å². The number of nitrogens with one attached hydrogen (secondary N) is 1. The second-order valence-electron chi connectivity index (χ2n) is 4.32. The fourth-order valence-electron chi connectivity index (χ4n) is 1.40. The molecule has 1 fully saturated rings. The second kappa shape index (κ2) is 3.45. The van der Waals surface area contributed by atoms with Crippen LogP contribution >= 0.6 is 0 Å². The van der Waals surface area contributed by atoms with Crippen molar-refractivity contribution >= 4 is 0 Å². The zero-order valence-electron chi connectivity index (χ0n) is 8.48. The summed E-state index contributed by atoms with van der Waals surface area (Å²) >= 11 is 0. The highest BCUT2D eigenvalue weighted by Gasteiger charge is 2.36. The summed E-state index contributed by atoms with van der Waals surface area (Å²) in [6, 6.07) is 2.30. The van der Waals surface area contributed by atoms with Crippen LogP contribution in [0.4, 0.5) is 8.78 Å². The molecule has 0 saturated heterocycles. The third-order valence-electron chi connectivity index (χ3n) is 2.80. The molecule has 0 unspecified atom stereocenters. The lowest BCUT2D eigenvalue weighted by molar-refractivity contribution is 0.394. The predicted octanol–water partition coefficient (Wildman–Crippen LogP) is 2.31. The fraction of sp³-hybridized carbons (Fsp3) is 0.455. The lowest BCUT2D eigenvalue weighted by atomic mass is 10.2. The van der Waals surface area contributed by atoms with Crippen molar-refractivity contribution in [3.8, 4) is 5.75 Å². The molecule has 0 aromatic heterocycles. The Bertz CT molecular complexity index is 365. The summed E-state index contributed by atoms with van der Waals surface area (Å²) in [5, 5.41) is 12.1. The average Bonchev–Trinajstić information content (AvgIpc) is 2.90. The first-order valence-corrected chi connectivity index (χ1v) is 4.92. The summed E-state index contributed by atoms with van der Waals surface area (Å²) in [5.41, 5.74) is 0.640. The van der Waals surface area contributed by atoms with Crippen LogP contribution < -0.4 is 5.32 Å². The Morgan fingerprint density at radius 1 is 1.33 bits per heavy atom. The number of benzene rings is 1. The molecule has 0 bridgehead atoms. The number of phenolic OH excluding ortho intramolecular Hbond substituents is 1. The first-order chi connectivity index (χ1) is 7.00. The van der Waals surface area contributed by atoms with E-state index in [1.807, 2.05) is 0 Å². The van der Waals surface area contributed by atoms with Crippen molar-refractivity contribution in [1.82, 2.24) is 5.32 Å². The molecule has 1 aliphatic rings. The molecule has 0 atom stereocenters. The first-order valence-electron chi connectivity index (χ1n) is 4.92. The van der Waals surface area contributed by atoms with Gasteiger partial charge in [-0.1, -0.05) is 0 Å². The van der Waals surface area contributed by atoms with Crippen LogP contribution in [0.3, 0.4) is 0 Å². The number of halogens is 2. The Kier molecular flexibility index (Phi) is 2.38. The Morgan fingerprint density at radius 3 is 2.33 bits per heavy atom. The highest BCUT2D eigenvalue weighted by atomic mass is 19.1. The Morgan fingerprint density at radius 2 is 1.87 bits per heavy atom. The molecule has 0 heterocycles. The van der Waals surface area contributed by atoms with E-state index in [1.54, 1.807) is 0 Å². The highest BCUT2D eigenvalue weighted by molar-refractivity contribution is 5.30. The number of aromatic hydroxyl groups is 1. The van der Waals surface area contributed by atoms with Crippen molar-refractivity contribution in [2.24, 2.45) is 0 Å². The average molecular weight is 213 g/mol. The zero-order chi connectivity index (χ0) is 11.1. The van der Waals surface area contributed by atoms with E-state index in [-0.39, 0.29) is 5.54 Å². The van der Waals surface area contributed by atoms with E-state index in [4.69, 9.17) is 5.11 Å². The van der Waals surface area contributed by atoms with Gasteiger partial charge in [-0.05, 0) is 37.5 Å². The third-order valence-corrected chi connectivity index (χ3v) is 2.80. The fourth-order valence-corrected chi connectivity index (χ4v) is 1.40. The van der Waals surface area contributed by atoms with Gasteiger partial charge < -0.3 is 10.4 Å². The van der Waals surface area contributed by atoms with Crippen LogP contribution in [-0.4, -0.2) is 10.6 Å². The minimum atomic E-state index is -0.909. The number of hydrogen-bond acceptors (Lipinski definition) is 2. The van der Waals surface area contributed by atoms with Crippen molar-refractivity contribution in [3.05, 3.63) is 29.3 Å². The quantitative estimate of drug-likeness (QED) is 0.807. The lowest BCUT2D eigenvalue weighted by Crippen LogP contribution is -2.27. The van der Waals surface area contributed by atoms with Crippen molar-refractivity contribution in [2.75, 3.05) is 0 Å². The summed E-state index contributed by atoms with van der Waals surface area (Å²) in [4.78, 5) is 0. The van der Waals surface area contributed by atoms with Gasteiger partial charge in [-0.3, -0.25) is 0 Å². The van der Waals surface area contributed by atoms with Crippen LogP contribution in [-0.2, 0) is 6.54 Å². The molecule has 82 valence electrons. The van der Waals surface area contributed by atoms with Crippen LogP contribution in [0.2, 0.25) is 0 Å². The van der Waals surface area contributed by atoms with Gasteiger partial charge in [-0.15, -0.1) is 0 Å². The van der Waals surface area contributed by atoms with Gasteiger partial charge in [0.2, 0.25) is 0 Å². The maximum atomic E-state index is 13.0. The Labute approximate surface area is 86.9 Å². The first kappa shape index (κ1) is 10.4. The summed E-state index contributed by atoms with van der Waals surface area (Å²) in [5.74, 6) is -2.73. The van der Waals surface area contributed by atoms with Gasteiger partial charge in [0.1, 0.15) is 0 Å². The van der Waals surface area contributed by atoms with Crippen LogP contribution in [0, 0.1) is 11.6 Å². The summed E-state index contributed by atoms with van der Waals surface area (Å²) in [7, 11) is 0. The monoisotopic (exact) mass is 213 g/mol. The normalized spacial score (nSPS) is 17.8. The summed E-state index contributed by atoms with van der Waals surface area (Å²) in [6.07, 6.45) is 2.19. The molecule has 0 aliphatic heterocycles. The van der Waals surface area contributed by atoms with E-state index in [0.29, 0.717) is 12.1 Å². The highest BCUT2D eigenvalue weighted by Crippen LogP contribution is 2.34. The van der Waals surface area contributed by atoms with Gasteiger partial charge >= 0.3 is 0 Å². The predicted molar refractivity (Wildman–Crippen MR) is 52.5 cm³/mol. The van der Waals surface area contributed by atoms with Crippen LogP contribution in [0.5, 0.6) is 5.75 Å². The molecule has 1 saturated carbocycles. The maximum Gasteiger partial charge on any atom is 0.187 e. The van der Waals surface area contributed by atoms with Crippen LogP contribution in [0.25, 0.3) is 0 Å². The number of phenols is 1. The molecule has 1 aromatic carbocycles. The van der Waals surface area contributed by atoms with Crippen molar-refractivity contribution in [3.63, 3.8) is 0 Å².